The number of aryl methyl sites for hydroxylation is 1. The Labute approximate surface area is 131 Å². The van der Waals surface area contributed by atoms with Gasteiger partial charge in [0.15, 0.2) is 0 Å². The molecule has 0 N–H and O–H groups in total. The first kappa shape index (κ1) is 13.9. The minimum atomic E-state index is 0.915. The highest BCUT2D eigenvalue weighted by atomic mass is 32.1. The highest BCUT2D eigenvalue weighted by molar-refractivity contribution is 7.09. The van der Waals surface area contributed by atoms with Gasteiger partial charge in [-0.1, -0.05) is 6.42 Å². The number of hydrogen-bond donors (Lipinski definition) is 0. The maximum absolute atomic E-state index is 4.55. The highest BCUT2D eigenvalue weighted by Crippen LogP contribution is 2.48. The number of aromatic nitrogens is 2. The third-order valence-corrected chi connectivity index (χ3v) is 6.62. The lowest BCUT2D eigenvalue weighted by atomic mass is 9.88. The Morgan fingerprint density at radius 1 is 1.14 bits per heavy atom. The van der Waals surface area contributed by atoms with Gasteiger partial charge in [0.05, 0.1) is 0 Å². The van der Waals surface area contributed by atoms with Gasteiger partial charge in [0.25, 0.3) is 0 Å². The lowest BCUT2D eigenvalue weighted by Crippen LogP contribution is -2.35. The van der Waals surface area contributed by atoms with Gasteiger partial charge in [0.2, 0.25) is 5.13 Å². The zero-order valence-electron chi connectivity index (χ0n) is 13.0. The molecule has 1 saturated heterocycles. The van der Waals surface area contributed by atoms with Crippen molar-refractivity contribution < 1.29 is 0 Å². The van der Waals surface area contributed by atoms with E-state index < -0.39 is 0 Å². The monoisotopic (exact) mass is 306 g/mol. The molecule has 5 heteroatoms. The summed E-state index contributed by atoms with van der Waals surface area (Å²) < 4.78 is 4.33. The second-order valence-electron chi connectivity index (χ2n) is 7.20. The summed E-state index contributed by atoms with van der Waals surface area (Å²) in [7, 11) is 0. The van der Waals surface area contributed by atoms with E-state index in [0.29, 0.717) is 0 Å². The van der Waals surface area contributed by atoms with E-state index in [1.54, 1.807) is 11.5 Å². The van der Waals surface area contributed by atoms with Crippen LogP contribution in [0.3, 0.4) is 0 Å². The third kappa shape index (κ3) is 2.95. The largest absolute Gasteiger partial charge is 0.346 e. The van der Waals surface area contributed by atoms with Gasteiger partial charge in [0.1, 0.15) is 5.82 Å². The number of hydrogen-bond acceptors (Lipinski definition) is 5. The summed E-state index contributed by atoms with van der Waals surface area (Å²) in [4.78, 5) is 9.71. The van der Waals surface area contributed by atoms with Gasteiger partial charge in [-0.25, -0.2) is 4.98 Å². The lowest BCUT2D eigenvalue weighted by Gasteiger charge is -2.29. The molecular formula is C16H26N4S. The number of anilines is 1. The quantitative estimate of drug-likeness (QED) is 0.859. The topological polar surface area (TPSA) is 32.3 Å². The van der Waals surface area contributed by atoms with E-state index in [4.69, 9.17) is 0 Å². The van der Waals surface area contributed by atoms with Crippen molar-refractivity contribution in [3.05, 3.63) is 5.82 Å². The van der Waals surface area contributed by atoms with E-state index in [2.05, 4.69) is 19.2 Å². The van der Waals surface area contributed by atoms with Crippen molar-refractivity contribution in [2.24, 2.45) is 17.8 Å². The standard InChI is InChI=1S/C16H26N4S/c1-12-17-16(21-18-12)20-6-2-5-19(7-8-20)11-15-10-13-3-4-14(15)9-13/h13-15H,2-11H2,1H3/t13-,14-,15-/m0/s1. The molecule has 0 amide bonds. The predicted octanol–water partition coefficient (Wildman–Crippen LogP) is 2.79. The smallest absolute Gasteiger partial charge is 0.205 e. The van der Waals surface area contributed by atoms with Crippen LogP contribution in [0.1, 0.15) is 37.9 Å². The molecule has 1 aromatic heterocycles. The van der Waals surface area contributed by atoms with Crippen LogP contribution >= 0.6 is 11.5 Å². The van der Waals surface area contributed by atoms with Gasteiger partial charge in [0, 0.05) is 37.7 Å². The molecule has 0 unspecified atom stereocenters. The second-order valence-corrected chi connectivity index (χ2v) is 7.93. The molecule has 3 aliphatic rings. The normalized spacial score (nSPS) is 33.6. The maximum atomic E-state index is 4.55. The molecule has 2 saturated carbocycles. The minimum Gasteiger partial charge on any atom is -0.346 e. The Hall–Kier alpha value is -0.680. The molecule has 21 heavy (non-hydrogen) atoms. The Kier molecular flexibility index (Phi) is 3.88. The number of rotatable bonds is 3. The number of nitrogens with zero attached hydrogens (tertiary/aromatic N) is 4. The zero-order chi connectivity index (χ0) is 14.2. The van der Waals surface area contributed by atoms with Crippen molar-refractivity contribution in [3.8, 4) is 0 Å². The van der Waals surface area contributed by atoms with E-state index in [9.17, 15) is 0 Å². The van der Waals surface area contributed by atoms with E-state index in [1.165, 1.54) is 51.7 Å². The molecule has 4 rings (SSSR count). The molecule has 1 aromatic rings. The van der Waals surface area contributed by atoms with E-state index in [-0.39, 0.29) is 0 Å². The molecule has 1 aliphatic heterocycles. The molecule has 116 valence electrons. The van der Waals surface area contributed by atoms with Crippen molar-refractivity contribution >= 4 is 16.7 Å². The Bertz CT molecular complexity index is 488. The van der Waals surface area contributed by atoms with Crippen LogP contribution < -0.4 is 4.90 Å². The van der Waals surface area contributed by atoms with Crippen molar-refractivity contribution in [2.45, 2.75) is 39.0 Å². The van der Waals surface area contributed by atoms with E-state index >= 15 is 0 Å². The maximum Gasteiger partial charge on any atom is 0.205 e. The van der Waals surface area contributed by atoms with Crippen molar-refractivity contribution in [1.82, 2.24) is 14.3 Å². The summed E-state index contributed by atoms with van der Waals surface area (Å²) >= 11 is 1.56. The van der Waals surface area contributed by atoms with Crippen LogP contribution in [0, 0.1) is 24.7 Å². The SMILES string of the molecule is Cc1nsc(N2CCCN(C[C@@H]3C[C@H]4CC[C@H]3C4)CC2)n1. The van der Waals surface area contributed by atoms with Gasteiger partial charge in [-0.05, 0) is 56.9 Å². The zero-order valence-corrected chi connectivity index (χ0v) is 13.8. The molecule has 2 aliphatic carbocycles. The highest BCUT2D eigenvalue weighted by Gasteiger charge is 2.40. The van der Waals surface area contributed by atoms with Crippen LogP contribution in [-0.4, -0.2) is 47.0 Å². The number of fused-ring (bicyclic) bond motifs is 2. The molecule has 0 radical (unpaired) electrons. The van der Waals surface area contributed by atoms with E-state index in [0.717, 1.165) is 41.8 Å². The van der Waals surface area contributed by atoms with Crippen LogP contribution in [0.2, 0.25) is 0 Å². The van der Waals surface area contributed by atoms with E-state index in [1.807, 2.05) is 6.92 Å². The molecule has 3 atom stereocenters. The van der Waals surface area contributed by atoms with Crippen LogP contribution in [0.25, 0.3) is 0 Å². The molecule has 0 spiro atoms. The molecule has 0 aromatic carbocycles. The third-order valence-electron chi connectivity index (χ3n) is 5.75. The van der Waals surface area contributed by atoms with Crippen LogP contribution in [0.4, 0.5) is 5.13 Å². The van der Waals surface area contributed by atoms with Crippen molar-refractivity contribution in [2.75, 3.05) is 37.6 Å². The average Bonchev–Trinajstić information content (AvgIpc) is 3.15. The fraction of sp³-hybridized carbons (Fsp3) is 0.875. The first-order chi connectivity index (χ1) is 10.3. The lowest BCUT2D eigenvalue weighted by molar-refractivity contribution is 0.199. The summed E-state index contributed by atoms with van der Waals surface area (Å²) in [5, 5.41) is 1.12. The molecular weight excluding hydrogens is 280 g/mol. The summed E-state index contributed by atoms with van der Waals surface area (Å²) in [6.07, 6.45) is 7.35. The predicted molar refractivity (Wildman–Crippen MR) is 86.9 cm³/mol. The Balaban J connectivity index is 1.33. The summed E-state index contributed by atoms with van der Waals surface area (Å²) in [5.74, 6) is 4.05. The average molecular weight is 306 g/mol. The fourth-order valence-electron chi connectivity index (χ4n) is 4.69. The first-order valence-corrected chi connectivity index (χ1v) is 9.33. The van der Waals surface area contributed by atoms with Crippen LogP contribution in [0.15, 0.2) is 0 Å². The van der Waals surface area contributed by atoms with Gasteiger partial charge in [-0.3, -0.25) is 0 Å². The second kappa shape index (κ2) is 5.84. The molecule has 4 nitrogen and oxygen atoms in total. The van der Waals surface area contributed by atoms with Crippen molar-refractivity contribution in [3.63, 3.8) is 0 Å². The minimum absolute atomic E-state index is 0.915. The van der Waals surface area contributed by atoms with Crippen LogP contribution in [0.5, 0.6) is 0 Å². The van der Waals surface area contributed by atoms with Crippen molar-refractivity contribution in [1.29, 1.82) is 0 Å². The van der Waals surface area contributed by atoms with Crippen LogP contribution in [-0.2, 0) is 0 Å². The first-order valence-electron chi connectivity index (χ1n) is 8.55. The Morgan fingerprint density at radius 2 is 2.10 bits per heavy atom. The summed E-state index contributed by atoms with van der Waals surface area (Å²) in [6.45, 7) is 8.06. The molecule has 2 bridgehead atoms. The Morgan fingerprint density at radius 3 is 2.81 bits per heavy atom. The van der Waals surface area contributed by atoms with Gasteiger partial charge < -0.3 is 9.80 Å². The molecule has 2 heterocycles. The van der Waals surface area contributed by atoms with Gasteiger partial charge >= 0.3 is 0 Å². The van der Waals surface area contributed by atoms with Gasteiger partial charge in [-0.15, -0.1) is 0 Å². The fourth-order valence-corrected chi connectivity index (χ4v) is 5.42. The van der Waals surface area contributed by atoms with Gasteiger partial charge in [-0.2, -0.15) is 4.37 Å². The summed E-state index contributed by atoms with van der Waals surface area (Å²) in [5.41, 5.74) is 0. The summed E-state index contributed by atoms with van der Waals surface area (Å²) in [6, 6.07) is 0. The molecule has 3 fully saturated rings.